The number of para-hydroxylation sites is 1. The molecule has 0 saturated heterocycles. The van der Waals surface area contributed by atoms with Crippen LogP contribution in [-0.2, 0) is 11.3 Å². The van der Waals surface area contributed by atoms with Gasteiger partial charge in [0.1, 0.15) is 0 Å². The van der Waals surface area contributed by atoms with Crippen LogP contribution in [0.4, 0.5) is 0 Å². The summed E-state index contributed by atoms with van der Waals surface area (Å²) < 4.78 is 2.28. The molecule has 1 amide bonds. The molecule has 0 bridgehead atoms. The van der Waals surface area contributed by atoms with Gasteiger partial charge in [-0.2, -0.15) is 0 Å². The molecule has 4 nitrogen and oxygen atoms in total. The van der Waals surface area contributed by atoms with Gasteiger partial charge in [-0.1, -0.05) is 48.0 Å². The van der Waals surface area contributed by atoms with E-state index in [-0.39, 0.29) is 11.8 Å². The molecular weight excluding hydrogens is 346 g/mol. The topological polar surface area (TPSA) is 37.3 Å². The lowest BCUT2D eigenvalue weighted by Crippen LogP contribution is -2.32. The number of fused-ring (bicyclic) bond motifs is 1. The summed E-state index contributed by atoms with van der Waals surface area (Å²) in [5, 5.41) is 4.31. The highest BCUT2D eigenvalue weighted by atomic mass is 16.1. The summed E-state index contributed by atoms with van der Waals surface area (Å²) in [4.78, 5) is 14.8. The molecular formula is C24H31N3O. The van der Waals surface area contributed by atoms with Gasteiger partial charge in [-0.3, -0.25) is 4.79 Å². The van der Waals surface area contributed by atoms with Gasteiger partial charge < -0.3 is 14.8 Å². The van der Waals surface area contributed by atoms with Crippen LogP contribution in [0, 0.1) is 6.92 Å². The van der Waals surface area contributed by atoms with E-state index in [1.807, 2.05) is 14.1 Å². The monoisotopic (exact) mass is 377 g/mol. The maximum Gasteiger partial charge on any atom is 0.220 e. The fraction of sp³-hybridized carbons (Fsp3) is 0.375. The molecule has 1 aromatic heterocycles. The minimum Gasteiger partial charge on any atom is -0.355 e. The number of aryl methyl sites for hydroxylation is 2. The van der Waals surface area contributed by atoms with E-state index in [9.17, 15) is 4.79 Å². The molecule has 0 saturated carbocycles. The highest BCUT2D eigenvalue weighted by Gasteiger charge is 2.22. The first kappa shape index (κ1) is 20.2. The number of nitrogens with zero attached hydrogens (tertiary/aromatic N) is 2. The Labute approximate surface area is 168 Å². The van der Waals surface area contributed by atoms with E-state index in [1.165, 1.54) is 27.6 Å². The number of amides is 1. The highest BCUT2D eigenvalue weighted by molar-refractivity contribution is 5.86. The van der Waals surface area contributed by atoms with Gasteiger partial charge in [0.25, 0.3) is 0 Å². The summed E-state index contributed by atoms with van der Waals surface area (Å²) in [7, 11) is 4.03. The quantitative estimate of drug-likeness (QED) is 0.640. The van der Waals surface area contributed by atoms with Gasteiger partial charge in [0.15, 0.2) is 0 Å². The Hall–Kier alpha value is -2.59. The van der Waals surface area contributed by atoms with E-state index in [2.05, 4.69) is 83.4 Å². The van der Waals surface area contributed by atoms with Crippen LogP contribution in [0.25, 0.3) is 10.9 Å². The van der Waals surface area contributed by atoms with Crippen LogP contribution in [0.2, 0.25) is 0 Å². The average Bonchev–Trinajstić information content (AvgIpc) is 3.04. The SMILES string of the molecule is CCn1cc([C@@H](CC(=O)NCCN(C)C)c2cccc(C)c2)c2ccccc21. The zero-order chi connectivity index (χ0) is 20.1. The Bertz CT molecular complexity index is 942. The number of aromatic nitrogens is 1. The number of rotatable bonds is 8. The predicted octanol–water partition coefficient (Wildman–Crippen LogP) is 4.17. The number of nitrogens with one attached hydrogen (secondary N) is 1. The normalized spacial score (nSPS) is 12.5. The van der Waals surface area contributed by atoms with Gasteiger partial charge in [0.2, 0.25) is 5.91 Å². The molecule has 0 unspecified atom stereocenters. The number of hydrogen-bond acceptors (Lipinski definition) is 2. The summed E-state index contributed by atoms with van der Waals surface area (Å²) >= 11 is 0. The molecule has 0 aliphatic carbocycles. The van der Waals surface area contributed by atoms with Gasteiger partial charge in [-0.05, 0) is 45.1 Å². The van der Waals surface area contributed by atoms with Crippen molar-refractivity contribution in [3.63, 3.8) is 0 Å². The van der Waals surface area contributed by atoms with Gasteiger partial charge >= 0.3 is 0 Å². The molecule has 1 N–H and O–H groups in total. The number of carbonyl (C=O) groups excluding carboxylic acids is 1. The molecule has 0 aliphatic rings. The predicted molar refractivity (Wildman–Crippen MR) is 117 cm³/mol. The lowest BCUT2D eigenvalue weighted by Gasteiger charge is -2.18. The lowest BCUT2D eigenvalue weighted by atomic mass is 9.87. The minimum absolute atomic E-state index is 0.0388. The first-order valence-corrected chi connectivity index (χ1v) is 10.1. The van der Waals surface area contributed by atoms with Crippen molar-refractivity contribution >= 4 is 16.8 Å². The minimum atomic E-state index is 0.0388. The van der Waals surface area contributed by atoms with E-state index < -0.39 is 0 Å². The van der Waals surface area contributed by atoms with Crippen LogP contribution >= 0.6 is 0 Å². The Morgan fingerprint density at radius 2 is 1.93 bits per heavy atom. The summed E-state index contributed by atoms with van der Waals surface area (Å²) in [5.41, 5.74) is 4.87. The fourth-order valence-corrected chi connectivity index (χ4v) is 3.79. The fourth-order valence-electron chi connectivity index (χ4n) is 3.79. The number of carbonyl (C=O) groups is 1. The summed E-state index contributed by atoms with van der Waals surface area (Å²) in [6, 6.07) is 17.0. The third kappa shape index (κ3) is 4.63. The standard InChI is InChI=1S/C24H31N3O/c1-5-27-17-22(20-11-6-7-12-23(20)27)21(19-10-8-9-18(2)15-19)16-24(28)25-13-14-26(3)4/h6-12,15,17,21H,5,13-14,16H2,1-4H3,(H,25,28)/t21-/m0/s1. The van der Waals surface area contributed by atoms with Crippen LogP contribution in [0.5, 0.6) is 0 Å². The van der Waals surface area contributed by atoms with Gasteiger partial charge in [0.05, 0.1) is 0 Å². The Morgan fingerprint density at radius 3 is 2.64 bits per heavy atom. The average molecular weight is 378 g/mol. The Morgan fingerprint density at radius 1 is 1.14 bits per heavy atom. The zero-order valence-corrected chi connectivity index (χ0v) is 17.4. The van der Waals surface area contributed by atoms with Crippen LogP contribution in [0.1, 0.15) is 36.0 Å². The molecule has 3 aromatic rings. The van der Waals surface area contributed by atoms with Crippen molar-refractivity contribution in [1.29, 1.82) is 0 Å². The second-order valence-electron chi connectivity index (χ2n) is 7.71. The van der Waals surface area contributed by atoms with E-state index in [4.69, 9.17) is 0 Å². The molecule has 2 aromatic carbocycles. The smallest absolute Gasteiger partial charge is 0.220 e. The molecule has 0 radical (unpaired) electrons. The molecule has 1 atom stereocenters. The maximum absolute atomic E-state index is 12.7. The van der Waals surface area contributed by atoms with Crippen molar-refractivity contribution in [3.8, 4) is 0 Å². The van der Waals surface area contributed by atoms with Crippen molar-refractivity contribution in [2.75, 3.05) is 27.2 Å². The van der Waals surface area contributed by atoms with Crippen LogP contribution in [0.15, 0.2) is 54.7 Å². The molecule has 0 spiro atoms. The van der Waals surface area contributed by atoms with Crippen molar-refractivity contribution in [2.45, 2.75) is 32.7 Å². The van der Waals surface area contributed by atoms with E-state index in [0.29, 0.717) is 13.0 Å². The summed E-state index contributed by atoms with van der Waals surface area (Å²) in [5.74, 6) is 0.138. The highest BCUT2D eigenvalue weighted by Crippen LogP contribution is 2.35. The lowest BCUT2D eigenvalue weighted by molar-refractivity contribution is -0.121. The first-order chi connectivity index (χ1) is 13.5. The third-order valence-corrected chi connectivity index (χ3v) is 5.25. The van der Waals surface area contributed by atoms with E-state index >= 15 is 0 Å². The van der Waals surface area contributed by atoms with Crippen molar-refractivity contribution in [3.05, 3.63) is 71.4 Å². The van der Waals surface area contributed by atoms with Crippen LogP contribution in [0.3, 0.4) is 0 Å². The van der Waals surface area contributed by atoms with Crippen LogP contribution in [-0.4, -0.2) is 42.6 Å². The molecule has 4 heteroatoms. The Balaban J connectivity index is 1.97. The molecule has 3 rings (SSSR count). The molecule has 0 fully saturated rings. The van der Waals surface area contributed by atoms with Gasteiger partial charge in [-0.15, -0.1) is 0 Å². The number of benzene rings is 2. The maximum atomic E-state index is 12.7. The molecule has 28 heavy (non-hydrogen) atoms. The first-order valence-electron chi connectivity index (χ1n) is 10.1. The molecule has 148 valence electrons. The van der Waals surface area contributed by atoms with Gasteiger partial charge in [0, 0.05) is 49.1 Å². The molecule has 1 heterocycles. The number of hydrogen-bond donors (Lipinski definition) is 1. The second-order valence-corrected chi connectivity index (χ2v) is 7.71. The van der Waals surface area contributed by atoms with Crippen LogP contribution < -0.4 is 5.32 Å². The Kier molecular flexibility index (Phi) is 6.53. The van der Waals surface area contributed by atoms with E-state index in [0.717, 1.165) is 13.1 Å². The zero-order valence-electron chi connectivity index (χ0n) is 17.4. The van der Waals surface area contributed by atoms with Crippen molar-refractivity contribution in [2.24, 2.45) is 0 Å². The molecule has 0 aliphatic heterocycles. The largest absolute Gasteiger partial charge is 0.355 e. The van der Waals surface area contributed by atoms with Crippen molar-refractivity contribution < 1.29 is 4.79 Å². The summed E-state index contributed by atoms with van der Waals surface area (Å²) in [6.45, 7) is 6.69. The number of likely N-dealkylation sites (N-methyl/N-ethyl adjacent to an activating group) is 1. The van der Waals surface area contributed by atoms with E-state index in [1.54, 1.807) is 0 Å². The third-order valence-electron chi connectivity index (χ3n) is 5.25. The van der Waals surface area contributed by atoms with Crippen molar-refractivity contribution in [1.82, 2.24) is 14.8 Å². The van der Waals surface area contributed by atoms with Gasteiger partial charge in [-0.25, -0.2) is 0 Å². The summed E-state index contributed by atoms with van der Waals surface area (Å²) in [6.07, 6.45) is 2.68. The second kappa shape index (κ2) is 9.07.